The summed E-state index contributed by atoms with van der Waals surface area (Å²) in [5.74, 6) is 3.11. The van der Waals surface area contributed by atoms with Crippen LogP contribution in [0.4, 0.5) is 5.69 Å². The number of anilines is 1. The van der Waals surface area contributed by atoms with Gasteiger partial charge in [-0.05, 0) is 62.2 Å². The molecule has 3 aliphatic carbocycles. The van der Waals surface area contributed by atoms with Crippen molar-refractivity contribution >= 4 is 17.3 Å². The summed E-state index contributed by atoms with van der Waals surface area (Å²) in [5, 5.41) is 7.98. The molecular weight excluding hydrogens is 286 g/mol. The fourth-order valence-corrected chi connectivity index (χ4v) is 3.48. The molecule has 1 aromatic heterocycles. The first-order valence-electron chi connectivity index (χ1n) is 8.22. The molecule has 4 nitrogen and oxygen atoms in total. The second-order valence-electron chi connectivity index (χ2n) is 7.02. The summed E-state index contributed by atoms with van der Waals surface area (Å²) < 4.78 is 1.58. The van der Waals surface area contributed by atoms with Gasteiger partial charge in [0, 0.05) is 13.1 Å². The van der Waals surface area contributed by atoms with E-state index in [-0.39, 0.29) is 5.56 Å². The lowest BCUT2D eigenvalue weighted by Crippen LogP contribution is -2.29. The molecule has 3 aliphatic rings. The molecule has 0 bridgehead atoms. The highest BCUT2D eigenvalue weighted by molar-refractivity contribution is 6.32. The molecule has 0 aromatic carbocycles. The molecule has 0 spiro atoms. The number of aromatic nitrogens is 2. The Morgan fingerprint density at radius 3 is 2.48 bits per heavy atom. The fourth-order valence-electron chi connectivity index (χ4n) is 3.29. The molecule has 4 rings (SSSR count). The SMILES string of the molecule is O=c1c(NCC(C2CC2)C2CC2)c(Cl)cnn1CC1CC1. The van der Waals surface area contributed by atoms with Crippen LogP contribution in [0.2, 0.25) is 5.02 Å². The van der Waals surface area contributed by atoms with Crippen LogP contribution in [0.25, 0.3) is 0 Å². The van der Waals surface area contributed by atoms with E-state index in [4.69, 9.17) is 11.6 Å². The number of halogens is 1. The highest BCUT2D eigenvalue weighted by Gasteiger charge is 2.41. The monoisotopic (exact) mass is 307 g/mol. The Hall–Kier alpha value is -1.03. The summed E-state index contributed by atoms with van der Waals surface area (Å²) >= 11 is 6.19. The van der Waals surface area contributed by atoms with Gasteiger partial charge in [-0.2, -0.15) is 5.10 Å². The average Bonchev–Trinajstić information content (AvgIpc) is 3.32. The Balaban J connectivity index is 1.48. The number of hydrogen-bond donors (Lipinski definition) is 1. The van der Waals surface area contributed by atoms with Crippen LogP contribution in [0.1, 0.15) is 38.5 Å². The molecule has 1 heterocycles. The van der Waals surface area contributed by atoms with E-state index in [1.54, 1.807) is 10.9 Å². The third kappa shape index (κ3) is 3.10. The lowest BCUT2D eigenvalue weighted by molar-refractivity contribution is 0.427. The van der Waals surface area contributed by atoms with Gasteiger partial charge in [0.25, 0.3) is 5.56 Å². The molecular formula is C16H22ClN3O. The second-order valence-corrected chi connectivity index (χ2v) is 7.42. The van der Waals surface area contributed by atoms with Gasteiger partial charge in [0.1, 0.15) is 5.69 Å². The third-order valence-corrected chi connectivity index (χ3v) is 5.38. The zero-order chi connectivity index (χ0) is 14.4. The molecule has 0 unspecified atom stereocenters. The van der Waals surface area contributed by atoms with Gasteiger partial charge in [0.2, 0.25) is 0 Å². The van der Waals surface area contributed by atoms with E-state index in [1.807, 2.05) is 0 Å². The van der Waals surface area contributed by atoms with E-state index in [0.717, 1.165) is 30.8 Å². The summed E-state index contributed by atoms with van der Waals surface area (Å²) in [6.07, 6.45) is 9.47. The summed E-state index contributed by atoms with van der Waals surface area (Å²) in [7, 11) is 0. The van der Waals surface area contributed by atoms with Crippen molar-refractivity contribution in [3.05, 3.63) is 21.6 Å². The van der Waals surface area contributed by atoms with Gasteiger partial charge in [-0.1, -0.05) is 11.6 Å². The van der Waals surface area contributed by atoms with Gasteiger partial charge in [0.15, 0.2) is 0 Å². The van der Waals surface area contributed by atoms with E-state index in [9.17, 15) is 4.79 Å². The zero-order valence-electron chi connectivity index (χ0n) is 12.2. The predicted octanol–water partition coefficient (Wildman–Crippen LogP) is 3.15. The molecule has 0 amide bonds. The molecule has 0 radical (unpaired) electrons. The number of nitrogens with zero attached hydrogens (tertiary/aromatic N) is 2. The molecule has 1 N–H and O–H groups in total. The average molecular weight is 308 g/mol. The molecule has 0 aliphatic heterocycles. The van der Waals surface area contributed by atoms with Gasteiger partial charge in [-0.15, -0.1) is 0 Å². The van der Waals surface area contributed by atoms with Crippen molar-refractivity contribution < 1.29 is 0 Å². The third-order valence-electron chi connectivity index (χ3n) is 5.10. The van der Waals surface area contributed by atoms with Crippen molar-refractivity contribution in [3.8, 4) is 0 Å². The van der Waals surface area contributed by atoms with Crippen LogP contribution in [-0.2, 0) is 6.54 Å². The van der Waals surface area contributed by atoms with Crippen LogP contribution in [0.5, 0.6) is 0 Å². The maximum absolute atomic E-state index is 12.5. The van der Waals surface area contributed by atoms with Gasteiger partial charge < -0.3 is 5.32 Å². The first-order valence-corrected chi connectivity index (χ1v) is 8.59. The standard InChI is InChI=1S/C16H22ClN3O/c17-14-8-19-20(9-10-1-2-10)16(21)15(14)18-7-13(11-3-4-11)12-5-6-12/h8,10-13,18H,1-7,9H2. The van der Waals surface area contributed by atoms with Gasteiger partial charge in [-0.25, -0.2) is 4.68 Å². The first kappa shape index (κ1) is 13.6. The quantitative estimate of drug-likeness (QED) is 0.841. The van der Waals surface area contributed by atoms with Crippen molar-refractivity contribution in [1.29, 1.82) is 0 Å². The zero-order valence-corrected chi connectivity index (χ0v) is 13.0. The molecule has 0 atom stereocenters. The first-order chi connectivity index (χ1) is 10.2. The molecule has 0 saturated heterocycles. The minimum absolute atomic E-state index is 0.0558. The Morgan fingerprint density at radius 2 is 1.90 bits per heavy atom. The topological polar surface area (TPSA) is 46.9 Å². The van der Waals surface area contributed by atoms with Crippen LogP contribution < -0.4 is 10.9 Å². The molecule has 5 heteroatoms. The molecule has 114 valence electrons. The van der Waals surface area contributed by atoms with Crippen molar-refractivity contribution in [1.82, 2.24) is 9.78 Å². The van der Waals surface area contributed by atoms with Gasteiger partial charge >= 0.3 is 0 Å². The molecule has 3 fully saturated rings. The summed E-state index contributed by atoms with van der Waals surface area (Å²) in [4.78, 5) is 12.5. The van der Waals surface area contributed by atoms with Crippen molar-refractivity contribution in [2.75, 3.05) is 11.9 Å². The smallest absolute Gasteiger partial charge is 0.291 e. The van der Waals surface area contributed by atoms with Crippen molar-refractivity contribution in [2.24, 2.45) is 23.7 Å². The maximum Gasteiger partial charge on any atom is 0.291 e. The minimum atomic E-state index is -0.0558. The molecule has 21 heavy (non-hydrogen) atoms. The van der Waals surface area contributed by atoms with E-state index in [2.05, 4.69) is 10.4 Å². The van der Waals surface area contributed by atoms with E-state index in [1.165, 1.54) is 38.5 Å². The lowest BCUT2D eigenvalue weighted by Gasteiger charge is -2.17. The Morgan fingerprint density at radius 1 is 1.24 bits per heavy atom. The normalized spacial score (nSPS) is 21.8. The van der Waals surface area contributed by atoms with Gasteiger partial charge in [0.05, 0.1) is 11.2 Å². The van der Waals surface area contributed by atoms with Crippen LogP contribution in [0.3, 0.4) is 0 Å². The fraction of sp³-hybridized carbons (Fsp3) is 0.750. The van der Waals surface area contributed by atoms with E-state index >= 15 is 0 Å². The Labute approximate surface area is 129 Å². The summed E-state index contributed by atoms with van der Waals surface area (Å²) in [5.41, 5.74) is 0.498. The highest BCUT2D eigenvalue weighted by atomic mass is 35.5. The number of hydrogen-bond acceptors (Lipinski definition) is 3. The highest BCUT2D eigenvalue weighted by Crippen LogP contribution is 2.49. The maximum atomic E-state index is 12.5. The van der Waals surface area contributed by atoms with Crippen LogP contribution in [-0.4, -0.2) is 16.3 Å². The minimum Gasteiger partial charge on any atom is -0.379 e. The van der Waals surface area contributed by atoms with Crippen molar-refractivity contribution in [2.45, 2.75) is 45.1 Å². The number of nitrogens with one attached hydrogen (secondary N) is 1. The number of rotatable bonds is 7. The second kappa shape index (κ2) is 5.31. The van der Waals surface area contributed by atoms with Crippen LogP contribution in [0, 0.1) is 23.7 Å². The lowest BCUT2D eigenvalue weighted by atomic mass is 9.98. The Bertz CT molecular complexity index is 576. The van der Waals surface area contributed by atoms with Gasteiger partial charge in [-0.3, -0.25) is 4.79 Å². The predicted molar refractivity (Wildman–Crippen MR) is 83.7 cm³/mol. The summed E-state index contributed by atoms with van der Waals surface area (Å²) in [6.45, 7) is 1.62. The van der Waals surface area contributed by atoms with Crippen LogP contribution in [0.15, 0.2) is 11.0 Å². The molecule has 3 saturated carbocycles. The summed E-state index contributed by atoms with van der Waals surface area (Å²) in [6, 6.07) is 0. The van der Waals surface area contributed by atoms with E-state index < -0.39 is 0 Å². The molecule has 1 aromatic rings. The van der Waals surface area contributed by atoms with Crippen molar-refractivity contribution in [3.63, 3.8) is 0 Å². The Kier molecular flexibility index (Phi) is 3.44. The largest absolute Gasteiger partial charge is 0.379 e. The van der Waals surface area contributed by atoms with Crippen LogP contribution >= 0.6 is 11.6 Å². The van der Waals surface area contributed by atoms with E-state index in [0.29, 0.717) is 16.6 Å².